The van der Waals surface area contributed by atoms with Gasteiger partial charge >= 0.3 is 6.18 Å². The zero-order valence-corrected chi connectivity index (χ0v) is 12.1. The summed E-state index contributed by atoms with van der Waals surface area (Å²) in [5.41, 5.74) is -1.00. The van der Waals surface area contributed by atoms with Gasteiger partial charge in [-0.3, -0.25) is 14.6 Å². The number of nitrogens with one attached hydrogen (secondary N) is 1. The lowest BCUT2D eigenvalue weighted by Gasteiger charge is -2.34. The standard InChI is InChI=1S/C13H15F3N6O/c14-13(15,16)10-4-6-21(20-10)7-11(23)22-5-2-1-3-9(22)12-17-8-18-19-12/h4,6,8-9H,1-3,5,7H2,(H,17,18,19)/t9-/m1/s1. The Balaban J connectivity index is 1.72. The van der Waals surface area contributed by atoms with Crippen molar-refractivity contribution in [1.82, 2.24) is 29.9 Å². The number of hydrogen-bond acceptors (Lipinski definition) is 4. The van der Waals surface area contributed by atoms with Gasteiger partial charge in [0.25, 0.3) is 0 Å². The molecular formula is C13H15F3N6O. The van der Waals surface area contributed by atoms with Gasteiger partial charge in [0.1, 0.15) is 18.7 Å². The Morgan fingerprint density at radius 3 is 2.87 bits per heavy atom. The molecule has 0 unspecified atom stereocenters. The van der Waals surface area contributed by atoms with E-state index < -0.39 is 11.9 Å². The van der Waals surface area contributed by atoms with Crippen LogP contribution >= 0.6 is 0 Å². The number of amides is 1. The van der Waals surface area contributed by atoms with Crippen LogP contribution in [0.5, 0.6) is 0 Å². The molecule has 10 heteroatoms. The molecular weight excluding hydrogens is 313 g/mol. The fourth-order valence-corrected chi connectivity index (χ4v) is 2.72. The highest BCUT2D eigenvalue weighted by molar-refractivity contribution is 5.76. The lowest BCUT2D eigenvalue weighted by Crippen LogP contribution is -2.40. The van der Waals surface area contributed by atoms with Gasteiger partial charge in [-0.15, -0.1) is 0 Å². The van der Waals surface area contributed by atoms with Gasteiger partial charge in [0.2, 0.25) is 5.91 Å². The molecule has 1 aliphatic heterocycles. The van der Waals surface area contributed by atoms with Crippen molar-refractivity contribution in [3.63, 3.8) is 0 Å². The average Bonchev–Trinajstić information content (AvgIpc) is 3.18. The minimum Gasteiger partial charge on any atom is -0.331 e. The zero-order valence-electron chi connectivity index (χ0n) is 12.1. The van der Waals surface area contributed by atoms with Crippen molar-refractivity contribution in [3.05, 3.63) is 30.1 Å². The Labute approximate surface area is 129 Å². The first-order valence-corrected chi connectivity index (χ1v) is 7.20. The third-order valence-corrected chi connectivity index (χ3v) is 3.80. The van der Waals surface area contributed by atoms with E-state index in [1.54, 1.807) is 4.90 Å². The summed E-state index contributed by atoms with van der Waals surface area (Å²) in [7, 11) is 0. The second kappa shape index (κ2) is 6.01. The van der Waals surface area contributed by atoms with Crippen LogP contribution in [0.25, 0.3) is 0 Å². The Morgan fingerprint density at radius 1 is 1.39 bits per heavy atom. The molecule has 0 radical (unpaired) electrons. The summed E-state index contributed by atoms with van der Waals surface area (Å²) in [5, 5.41) is 9.95. The zero-order chi connectivity index (χ0) is 16.4. The van der Waals surface area contributed by atoms with Gasteiger partial charge in [0.05, 0.1) is 6.04 Å². The largest absolute Gasteiger partial charge is 0.435 e. The summed E-state index contributed by atoms with van der Waals surface area (Å²) in [5.74, 6) is 0.303. The average molecular weight is 328 g/mol. The maximum Gasteiger partial charge on any atom is 0.435 e. The van der Waals surface area contributed by atoms with Gasteiger partial charge in [-0.1, -0.05) is 0 Å². The number of rotatable bonds is 3. The number of aromatic amines is 1. The van der Waals surface area contributed by atoms with E-state index >= 15 is 0 Å². The second-order valence-corrected chi connectivity index (χ2v) is 5.37. The van der Waals surface area contributed by atoms with Crippen molar-refractivity contribution in [2.24, 2.45) is 0 Å². The van der Waals surface area contributed by atoms with Crippen LogP contribution in [0.3, 0.4) is 0 Å². The molecule has 0 spiro atoms. The molecule has 0 aliphatic carbocycles. The number of alkyl halides is 3. The Hall–Kier alpha value is -2.39. The molecule has 3 rings (SSSR count). The number of hydrogen-bond donors (Lipinski definition) is 1. The topological polar surface area (TPSA) is 79.7 Å². The molecule has 0 aromatic carbocycles. The second-order valence-electron chi connectivity index (χ2n) is 5.37. The number of aromatic nitrogens is 5. The number of carbonyl (C=O) groups excluding carboxylic acids is 1. The summed E-state index contributed by atoms with van der Waals surface area (Å²) in [6.45, 7) is 0.304. The van der Waals surface area contributed by atoms with Crippen molar-refractivity contribution in [2.45, 2.75) is 38.0 Å². The van der Waals surface area contributed by atoms with E-state index in [1.165, 1.54) is 6.33 Å². The van der Waals surface area contributed by atoms with Gasteiger partial charge in [0.15, 0.2) is 5.69 Å². The molecule has 1 atom stereocenters. The quantitative estimate of drug-likeness (QED) is 0.931. The molecule has 124 valence electrons. The summed E-state index contributed by atoms with van der Waals surface area (Å²) < 4.78 is 38.7. The van der Waals surface area contributed by atoms with E-state index in [9.17, 15) is 18.0 Å². The Bertz CT molecular complexity index is 666. The van der Waals surface area contributed by atoms with Gasteiger partial charge in [0, 0.05) is 12.7 Å². The molecule has 1 amide bonds. The SMILES string of the molecule is O=C(Cn1ccc(C(F)(F)F)n1)N1CCCC[C@@H]1c1ncn[nH]1. The summed E-state index contributed by atoms with van der Waals surface area (Å²) in [6.07, 6.45) is 0.567. The van der Waals surface area contributed by atoms with Crippen LogP contribution in [0.2, 0.25) is 0 Å². The van der Waals surface area contributed by atoms with Crippen molar-refractivity contribution in [3.8, 4) is 0 Å². The van der Waals surface area contributed by atoms with Crippen LogP contribution < -0.4 is 0 Å². The molecule has 1 N–H and O–H groups in total. The molecule has 0 saturated carbocycles. The number of nitrogens with zero attached hydrogens (tertiary/aromatic N) is 5. The highest BCUT2D eigenvalue weighted by Gasteiger charge is 2.34. The summed E-state index contributed by atoms with van der Waals surface area (Å²) in [4.78, 5) is 18.2. The third kappa shape index (κ3) is 3.35. The van der Waals surface area contributed by atoms with E-state index in [1.807, 2.05) is 0 Å². The fraction of sp³-hybridized carbons (Fsp3) is 0.538. The van der Waals surface area contributed by atoms with Crippen molar-refractivity contribution >= 4 is 5.91 Å². The first-order valence-electron chi connectivity index (χ1n) is 7.20. The maximum absolute atomic E-state index is 12.6. The van der Waals surface area contributed by atoms with E-state index in [4.69, 9.17) is 0 Å². The summed E-state index contributed by atoms with van der Waals surface area (Å²) in [6, 6.07) is 0.633. The van der Waals surface area contributed by atoms with Gasteiger partial charge in [-0.05, 0) is 25.3 Å². The van der Waals surface area contributed by atoms with Crippen LogP contribution in [0.4, 0.5) is 13.2 Å². The van der Waals surface area contributed by atoms with Crippen LogP contribution in [0.1, 0.15) is 36.8 Å². The molecule has 3 heterocycles. The number of piperidine rings is 1. The number of carbonyl (C=O) groups is 1. The third-order valence-electron chi connectivity index (χ3n) is 3.80. The lowest BCUT2D eigenvalue weighted by molar-refractivity contribution is -0.142. The molecule has 7 nitrogen and oxygen atoms in total. The summed E-state index contributed by atoms with van der Waals surface area (Å²) >= 11 is 0. The molecule has 1 saturated heterocycles. The molecule has 1 aliphatic rings. The minimum atomic E-state index is -4.51. The number of likely N-dealkylation sites (tertiary alicyclic amines) is 1. The van der Waals surface area contributed by atoms with Crippen LogP contribution in [-0.4, -0.2) is 42.3 Å². The monoisotopic (exact) mass is 328 g/mol. The van der Waals surface area contributed by atoms with Gasteiger partial charge in [-0.25, -0.2) is 4.98 Å². The van der Waals surface area contributed by atoms with Gasteiger partial charge < -0.3 is 4.90 Å². The Kier molecular flexibility index (Phi) is 4.05. The molecule has 1 fully saturated rings. The van der Waals surface area contributed by atoms with Crippen LogP contribution in [-0.2, 0) is 17.5 Å². The molecule has 0 bridgehead atoms. The minimum absolute atomic E-state index is 0.226. The van der Waals surface area contributed by atoms with Gasteiger partial charge in [-0.2, -0.15) is 23.4 Å². The molecule has 2 aromatic heterocycles. The lowest BCUT2D eigenvalue weighted by atomic mass is 10.0. The fourth-order valence-electron chi connectivity index (χ4n) is 2.72. The first-order chi connectivity index (χ1) is 10.9. The van der Waals surface area contributed by atoms with Crippen LogP contribution in [0, 0.1) is 0 Å². The number of halogens is 3. The van der Waals surface area contributed by atoms with E-state index in [2.05, 4.69) is 20.3 Å². The normalized spacial score (nSPS) is 19.1. The number of H-pyrrole nitrogens is 1. The van der Waals surface area contributed by atoms with Crippen LogP contribution in [0.15, 0.2) is 18.6 Å². The smallest absolute Gasteiger partial charge is 0.331 e. The van der Waals surface area contributed by atoms with Crippen molar-refractivity contribution < 1.29 is 18.0 Å². The van der Waals surface area contributed by atoms with E-state index in [0.29, 0.717) is 12.4 Å². The molecule has 23 heavy (non-hydrogen) atoms. The predicted molar refractivity (Wildman–Crippen MR) is 71.9 cm³/mol. The van der Waals surface area contributed by atoms with E-state index in [-0.39, 0.29) is 18.5 Å². The first kappa shape index (κ1) is 15.5. The highest BCUT2D eigenvalue weighted by atomic mass is 19.4. The van der Waals surface area contributed by atoms with Crippen molar-refractivity contribution in [2.75, 3.05) is 6.54 Å². The molecule has 2 aromatic rings. The van der Waals surface area contributed by atoms with Crippen molar-refractivity contribution in [1.29, 1.82) is 0 Å². The predicted octanol–water partition coefficient (Wildman–Crippen LogP) is 1.77. The Morgan fingerprint density at radius 2 is 2.22 bits per heavy atom. The maximum atomic E-state index is 12.6. The highest BCUT2D eigenvalue weighted by Crippen LogP contribution is 2.29. The van der Waals surface area contributed by atoms with E-state index in [0.717, 1.165) is 36.2 Å².